The lowest BCUT2D eigenvalue weighted by Crippen LogP contribution is -2.29. The lowest BCUT2D eigenvalue weighted by atomic mass is 10.2. The molecule has 0 aliphatic carbocycles. The zero-order chi connectivity index (χ0) is 16.8. The third-order valence-electron chi connectivity index (χ3n) is 2.27. The predicted molar refractivity (Wildman–Crippen MR) is 83.6 cm³/mol. The minimum atomic E-state index is -3.91. The summed E-state index contributed by atoms with van der Waals surface area (Å²) in [5.74, 6) is -0.293. The second-order valence-corrected chi connectivity index (χ2v) is 7.10. The molecule has 7 heteroatoms. The number of carbonyl (C=O) groups is 1. The lowest BCUT2D eigenvalue weighted by Gasteiger charge is -2.20. The van der Waals surface area contributed by atoms with Gasteiger partial charge in [-0.15, -0.1) is 0 Å². The Morgan fingerprint density at radius 2 is 1.86 bits per heavy atom. The number of esters is 1. The van der Waals surface area contributed by atoms with Gasteiger partial charge < -0.3 is 14.7 Å². The number of para-hydroxylation sites is 1. The normalized spacial score (nSPS) is 13.8. The van der Waals surface area contributed by atoms with Crippen molar-refractivity contribution in [3.8, 4) is 5.75 Å². The third kappa shape index (κ3) is 7.80. The fraction of sp³-hybridized carbons (Fsp3) is 0.400. The Bertz CT molecular complexity index is 617. The van der Waals surface area contributed by atoms with Crippen LogP contribution >= 0.6 is 0 Å². The molecule has 0 aliphatic rings. The average molecular weight is 327 g/mol. The molecule has 6 nitrogen and oxygen atoms in total. The van der Waals surface area contributed by atoms with Crippen molar-refractivity contribution in [2.24, 2.45) is 5.73 Å². The maximum absolute atomic E-state index is 11.7. The van der Waals surface area contributed by atoms with Crippen LogP contribution in [-0.4, -0.2) is 26.0 Å². The summed E-state index contributed by atoms with van der Waals surface area (Å²) >= 11 is 0. The largest absolute Gasteiger partial charge is 0.460 e. The van der Waals surface area contributed by atoms with Gasteiger partial charge in [0, 0.05) is 6.04 Å². The molecule has 0 fully saturated rings. The van der Waals surface area contributed by atoms with Gasteiger partial charge >= 0.3 is 16.1 Å². The van der Waals surface area contributed by atoms with Crippen LogP contribution in [0.15, 0.2) is 41.8 Å². The molecule has 22 heavy (non-hydrogen) atoms. The molecule has 0 aromatic heterocycles. The van der Waals surface area contributed by atoms with Gasteiger partial charge in [-0.1, -0.05) is 24.3 Å². The quantitative estimate of drug-likeness (QED) is 0.634. The van der Waals surface area contributed by atoms with Crippen molar-refractivity contribution >= 4 is 16.1 Å². The maximum atomic E-state index is 11.7. The number of hydrogen-bond acceptors (Lipinski definition) is 6. The van der Waals surface area contributed by atoms with E-state index < -0.39 is 27.7 Å². The highest BCUT2D eigenvalue weighted by Gasteiger charge is 2.18. The van der Waals surface area contributed by atoms with Crippen LogP contribution in [0, 0.1) is 0 Å². The minimum absolute atomic E-state index is 0.116. The van der Waals surface area contributed by atoms with Crippen LogP contribution < -0.4 is 9.92 Å². The fourth-order valence-electron chi connectivity index (χ4n) is 1.48. The number of nitrogens with two attached hydrogens (primary N) is 1. The van der Waals surface area contributed by atoms with Crippen LogP contribution in [0.2, 0.25) is 0 Å². The first-order valence-electron chi connectivity index (χ1n) is 6.72. The Kier molecular flexibility index (Phi) is 6.13. The molecule has 1 aromatic carbocycles. The van der Waals surface area contributed by atoms with E-state index in [4.69, 9.17) is 14.7 Å². The molecule has 122 valence electrons. The molecule has 0 saturated heterocycles. The number of carbonyl (C=O) groups excluding carboxylic acids is 1. The van der Waals surface area contributed by atoms with Gasteiger partial charge in [-0.2, -0.15) is 8.42 Å². The molecule has 0 amide bonds. The van der Waals surface area contributed by atoms with Crippen molar-refractivity contribution in [3.05, 3.63) is 41.8 Å². The Morgan fingerprint density at radius 3 is 2.41 bits per heavy atom. The molecule has 1 atom stereocenters. The van der Waals surface area contributed by atoms with Gasteiger partial charge in [0.15, 0.2) is 0 Å². The zero-order valence-electron chi connectivity index (χ0n) is 12.9. The molecule has 1 rings (SSSR count). The van der Waals surface area contributed by atoms with Crippen molar-refractivity contribution in [3.63, 3.8) is 0 Å². The number of hydrogen-bond donors (Lipinski definition) is 1. The molecule has 0 radical (unpaired) electrons. The Hall–Kier alpha value is -1.86. The van der Waals surface area contributed by atoms with E-state index in [1.165, 1.54) is 18.2 Å². The van der Waals surface area contributed by atoms with Gasteiger partial charge in [-0.25, -0.2) is 0 Å². The van der Waals surface area contributed by atoms with Crippen molar-refractivity contribution in [2.75, 3.05) is 0 Å². The van der Waals surface area contributed by atoms with Crippen LogP contribution in [0.5, 0.6) is 5.75 Å². The van der Waals surface area contributed by atoms with Gasteiger partial charge in [0.05, 0.1) is 11.8 Å². The highest BCUT2D eigenvalue weighted by Crippen LogP contribution is 2.13. The van der Waals surface area contributed by atoms with Crippen LogP contribution in [-0.2, 0) is 19.6 Å². The van der Waals surface area contributed by atoms with Crippen LogP contribution in [0.3, 0.4) is 0 Å². The van der Waals surface area contributed by atoms with Crippen molar-refractivity contribution < 1.29 is 22.1 Å². The molecule has 0 aliphatic heterocycles. The van der Waals surface area contributed by atoms with Gasteiger partial charge in [-0.05, 0) is 32.9 Å². The first-order valence-corrected chi connectivity index (χ1v) is 8.20. The second-order valence-electron chi connectivity index (χ2n) is 5.67. The van der Waals surface area contributed by atoms with Gasteiger partial charge in [0.25, 0.3) is 0 Å². The first-order chi connectivity index (χ1) is 10.1. The van der Waals surface area contributed by atoms with Crippen molar-refractivity contribution in [1.82, 2.24) is 0 Å². The van der Waals surface area contributed by atoms with Crippen molar-refractivity contribution in [2.45, 2.75) is 38.8 Å². The average Bonchev–Trinajstić information content (AvgIpc) is 2.35. The van der Waals surface area contributed by atoms with E-state index in [0.717, 1.165) is 5.41 Å². The number of rotatable bonds is 6. The maximum Gasteiger partial charge on any atom is 0.332 e. The zero-order valence-corrected chi connectivity index (χ0v) is 13.7. The smallest absolute Gasteiger partial charge is 0.332 e. The van der Waals surface area contributed by atoms with Gasteiger partial charge in [0.1, 0.15) is 11.4 Å². The minimum Gasteiger partial charge on any atom is -0.460 e. The summed E-state index contributed by atoms with van der Waals surface area (Å²) in [6.45, 7) is 5.22. The molecule has 0 unspecified atom stereocenters. The summed E-state index contributed by atoms with van der Waals surface area (Å²) in [6, 6.07) is 7.32. The van der Waals surface area contributed by atoms with Crippen molar-refractivity contribution in [1.29, 1.82) is 0 Å². The molecular formula is C15H21NO5S. The SMILES string of the molecule is CC(C)(C)OC(=O)C[C@H](N)C=CS(=O)(=O)Oc1ccccc1. The third-order valence-corrected chi connectivity index (χ3v) is 3.19. The molecule has 2 N–H and O–H groups in total. The molecule has 0 saturated carbocycles. The van der Waals surface area contributed by atoms with Gasteiger partial charge in [-0.3, -0.25) is 4.79 Å². The van der Waals surface area contributed by atoms with E-state index in [1.807, 2.05) is 0 Å². The lowest BCUT2D eigenvalue weighted by molar-refractivity contribution is -0.154. The van der Waals surface area contributed by atoms with Crippen LogP contribution in [0.4, 0.5) is 0 Å². The highest BCUT2D eigenvalue weighted by atomic mass is 32.2. The first kappa shape index (κ1) is 18.2. The van der Waals surface area contributed by atoms with E-state index in [2.05, 4.69) is 0 Å². The monoisotopic (exact) mass is 327 g/mol. The molecular weight excluding hydrogens is 306 g/mol. The summed E-state index contributed by atoms with van der Waals surface area (Å²) < 4.78 is 33.4. The number of ether oxygens (including phenoxy) is 1. The predicted octanol–water partition coefficient (Wildman–Crippen LogP) is 1.97. The summed E-state index contributed by atoms with van der Waals surface area (Å²) in [5, 5.41) is 0.842. The molecule has 0 bridgehead atoms. The van der Waals surface area contributed by atoms with Crippen LogP contribution in [0.25, 0.3) is 0 Å². The van der Waals surface area contributed by atoms with E-state index >= 15 is 0 Å². The van der Waals surface area contributed by atoms with E-state index in [-0.39, 0.29) is 12.2 Å². The second kappa shape index (κ2) is 7.42. The standard InChI is InChI=1S/C15H21NO5S/c1-15(2,3)20-14(17)11-12(16)9-10-22(18,19)21-13-7-5-4-6-8-13/h4-10,12H,11,16H2,1-3H3/t12-/m1/s1. The summed E-state index contributed by atoms with van der Waals surface area (Å²) in [6.07, 6.45) is 1.08. The summed E-state index contributed by atoms with van der Waals surface area (Å²) in [5.41, 5.74) is 5.08. The Morgan fingerprint density at radius 1 is 1.27 bits per heavy atom. The van der Waals surface area contributed by atoms with Crippen LogP contribution in [0.1, 0.15) is 27.2 Å². The summed E-state index contributed by atoms with van der Waals surface area (Å²) in [4.78, 5) is 11.6. The van der Waals surface area contributed by atoms with E-state index in [9.17, 15) is 13.2 Å². The molecule has 0 spiro atoms. The number of benzene rings is 1. The fourth-order valence-corrected chi connectivity index (χ4v) is 2.31. The molecule has 0 heterocycles. The van der Waals surface area contributed by atoms with Gasteiger partial charge in [0.2, 0.25) is 0 Å². The van der Waals surface area contributed by atoms with E-state index in [1.54, 1.807) is 39.0 Å². The molecule has 1 aromatic rings. The topological polar surface area (TPSA) is 95.7 Å². The van der Waals surface area contributed by atoms with E-state index in [0.29, 0.717) is 0 Å². The summed E-state index contributed by atoms with van der Waals surface area (Å²) in [7, 11) is -3.91. The Balaban J connectivity index is 2.57. The Labute approximate surface area is 131 Å². The highest BCUT2D eigenvalue weighted by molar-refractivity contribution is 7.90.